The Morgan fingerprint density at radius 1 is 0.919 bits per heavy atom. The lowest BCUT2D eigenvalue weighted by Gasteiger charge is -2.27. The summed E-state index contributed by atoms with van der Waals surface area (Å²) in [5.74, 6) is 1.66. The number of rotatable bonds is 9. The van der Waals surface area contributed by atoms with Crippen molar-refractivity contribution in [3.8, 4) is 11.5 Å². The van der Waals surface area contributed by atoms with Crippen LogP contribution in [0.4, 0.5) is 13.2 Å². The van der Waals surface area contributed by atoms with Crippen LogP contribution in [0.15, 0.2) is 59.0 Å². The van der Waals surface area contributed by atoms with Crippen molar-refractivity contribution in [1.82, 2.24) is 9.80 Å². The van der Waals surface area contributed by atoms with Crippen molar-refractivity contribution in [1.29, 1.82) is 0 Å². The third-order valence-electron chi connectivity index (χ3n) is 5.87. The maximum atomic E-state index is 13.5. The molecule has 0 N–H and O–H groups in total. The molecule has 1 aromatic heterocycles. The van der Waals surface area contributed by atoms with Gasteiger partial charge >= 0.3 is 6.18 Å². The Balaban J connectivity index is 1.53. The van der Waals surface area contributed by atoms with Crippen LogP contribution in [0.5, 0.6) is 11.5 Å². The summed E-state index contributed by atoms with van der Waals surface area (Å²) in [5, 5.41) is 0. The number of carbonyl (C=O) groups is 2. The maximum absolute atomic E-state index is 13.5. The Morgan fingerprint density at radius 2 is 1.65 bits per heavy atom. The van der Waals surface area contributed by atoms with E-state index in [-0.39, 0.29) is 44.4 Å². The van der Waals surface area contributed by atoms with Gasteiger partial charge in [0.2, 0.25) is 12.7 Å². The van der Waals surface area contributed by atoms with E-state index in [0.717, 1.165) is 29.8 Å². The smallest absolute Gasteiger partial charge is 0.416 e. The highest BCUT2D eigenvalue weighted by atomic mass is 19.4. The second-order valence-corrected chi connectivity index (χ2v) is 8.75. The third kappa shape index (κ3) is 6.44. The summed E-state index contributed by atoms with van der Waals surface area (Å²) in [5.41, 5.74) is 0.0426. The molecule has 0 bridgehead atoms. The monoisotopic (exact) mass is 516 g/mol. The van der Waals surface area contributed by atoms with Gasteiger partial charge in [-0.2, -0.15) is 13.2 Å². The number of carbonyl (C=O) groups excluding carboxylic acids is 2. The predicted octanol–water partition coefficient (Wildman–Crippen LogP) is 5.42. The van der Waals surface area contributed by atoms with E-state index in [1.165, 1.54) is 4.90 Å². The highest BCUT2D eigenvalue weighted by molar-refractivity contribution is 5.96. The highest BCUT2D eigenvalue weighted by Crippen LogP contribution is 2.33. The van der Waals surface area contributed by atoms with E-state index in [4.69, 9.17) is 13.9 Å². The Labute approximate surface area is 212 Å². The molecule has 0 unspecified atom stereocenters. The van der Waals surface area contributed by atoms with E-state index in [1.807, 2.05) is 13.0 Å². The van der Waals surface area contributed by atoms with E-state index in [9.17, 15) is 22.8 Å². The largest absolute Gasteiger partial charge is 0.464 e. The van der Waals surface area contributed by atoms with Crippen molar-refractivity contribution in [2.24, 2.45) is 0 Å². The minimum Gasteiger partial charge on any atom is -0.464 e. The summed E-state index contributed by atoms with van der Waals surface area (Å²) in [6.07, 6.45) is -3.93. The number of alkyl halides is 3. The molecule has 0 saturated heterocycles. The molecule has 4 rings (SSSR count). The van der Waals surface area contributed by atoms with Gasteiger partial charge in [-0.25, -0.2) is 0 Å². The maximum Gasteiger partial charge on any atom is 0.416 e. The number of hydrogen-bond donors (Lipinski definition) is 0. The first-order chi connectivity index (χ1) is 17.6. The lowest BCUT2D eigenvalue weighted by molar-refractivity contribution is -0.137. The number of ether oxygens (including phenoxy) is 2. The van der Waals surface area contributed by atoms with Crippen molar-refractivity contribution in [3.63, 3.8) is 0 Å². The van der Waals surface area contributed by atoms with E-state index in [2.05, 4.69) is 0 Å². The Morgan fingerprint density at radius 3 is 2.30 bits per heavy atom. The Bertz CT molecular complexity index is 1250. The summed E-state index contributed by atoms with van der Waals surface area (Å²) in [6.45, 7) is 4.22. The van der Waals surface area contributed by atoms with Crippen LogP contribution >= 0.6 is 0 Å². The third-order valence-corrected chi connectivity index (χ3v) is 5.87. The van der Waals surface area contributed by atoms with Gasteiger partial charge in [-0.1, -0.05) is 13.0 Å². The quantitative estimate of drug-likeness (QED) is 0.380. The van der Waals surface area contributed by atoms with Gasteiger partial charge in [0, 0.05) is 18.7 Å². The van der Waals surface area contributed by atoms with Crippen LogP contribution in [-0.4, -0.2) is 41.5 Å². The van der Waals surface area contributed by atoms with Crippen molar-refractivity contribution in [2.75, 3.05) is 19.9 Å². The van der Waals surface area contributed by atoms with Crippen LogP contribution in [0.3, 0.4) is 0 Å². The minimum absolute atomic E-state index is 0.0817. The average Bonchev–Trinajstić information content (AvgIpc) is 3.50. The average molecular weight is 517 g/mol. The van der Waals surface area contributed by atoms with Crippen LogP contribution in [0.1, 0.15) is 46.3 Å². The lowest BCUT2D eigenvalue weighted by atomic mass is 10.1. The number of aryl methyl sites for hydroxylation is 1. The number of halogens is 3. The fraction of sp³-hybridized carbons (Fsp3) is 0.333. The molecule has 0 saturated carbocycles. The van der Waals surface area contributed by atoms with Gasteiger partial charge in [-0.05, 0) is 67.4 Å². The van der Waals surface area contributed by atoms with Gasteiger partial charge in [-0.15, -0.1) is 0 Å². The number of fused-ring (bicyclic) bond motifs is 1. The van der Waals surface area contributed by atoms with E-state index in [1.54, 1.807) is 36.1 Å². The lowest BCUT2D eigenvalue weighted by Crippen LogP contribution is -2.42. The van der Waals surface area contributed by atoms with Crippen LogP contribution in [0, 0.1) is 6.92 Å². The molecular weight excluding hydrogens is 489 g/mol. The number of benzene rings is 2. The van der Waals surface area contributed by atoms with Gasteiger partial charge < -0.3 is 23.7 Å². The van der Waals surface area contributed by atoms with Gasteiger partial charge in [0.25, 0.3) is 5.91 Å². The molecule has 10 heteroatoms. The van der Waals surface area contributed by atoms with Crippen molar-refractivity contribution in [2.45, 2.75) is 39.5 Å². The molecule has 0 atom stereocenters. The zero-order valence-electron chi connectivity index (χ0n) is 20.5. The standard InChI is InChI=1S/C27H27F3N2O5/c1-3-12-31(26(34)20-6-8-21(9-7-20)27(28,29)30)16-25(33)32(15-22-10-4-18(2)37-22)14-19-5-11-23-24(13-19)36-17-35-23/h4-11,13H,3,12,14-17H2,1-2H3. The van der Waals surface area contributed by atoms with Gasteiger partial charge in [0.15, 0.2) is 11.5 Å². The van der Waals surface area contributed by atoms with Crippen molar-refractivity contribution < 1.29 is 36.7 Å². The van der Waals surface area contributed by atoms with Crippen LogP contribution in [-0.2, 0) is 24.1 Å². The molecule has 37 heavy (non-hydrogen) atoms. The first-order valence-corrected chi connectivity index (χ1v) is 11.8. The van der Waals surface area contributed by atoms with E-state index in [0.29, 0.717) is 29.4 Å². The molecule has 0 spiro atoms. The molecule has 196 valence electrons. The van der Waals surface area contributed by atoms with Gasteiger partial charge in [-0.3, -0.25) is 9.59 Å². The first kappa shape index (κ1) is 26.1. The topological polar surface area (TPSA) is 72.2 Å². The van der Waals surface area contributed by atoms with Crippen LogP contribution in [0.25, 0.3) is 0 Å². The molecule has 2 heterocycles. The van der Waals surface area contributed by atoms with Crippen molar-refractivity contribution in [3.05, 3.63) is 82.8 Å². The van der Waals surface area contributed by atoms with Crippen molar-refractivity contribution >= 4 is 11.8 Å². The van der Waals surface area contributed by atoms with Crippen LogP contribution < -0.4 is 9.47 Å². The molecule has 2 amide bonds. The molecular formula is C27H27F3N2O5. The molecule has 2 aromatic carbocycles. The molecule has 1 aliphatic heterocycles. The normalized spacial score (nSPS) is 12.5. The molecule has 1 aliphatic rings. The zero-order chi connectivity index (χ0) is 26.6. The Hall–Kier alpha value is -3.95. The molecule has 0 aliphatic carbocycles. The molecule has 7 nitrogen and oxygen atoms in total. The molecule has 3 aromatic rings. The van der Waals surface area contributed by atoms with Crippen LogP contribution in [0.2, 0.25) is 0 Å². The molecule has 0 fully saturated rings. The Kier molecular flexibility index (Phi) is 7.75. The highest BCUT2D eigenvalue weighted by Gasteiger charge is 2.31. The zero-order valence-corrected chi connectivity index (χ0v) is 20.5. The minimum atomic E-state index is -4.50. The number of hydrogen-bond acceptors (Lipinski definition) is 5. The molecule has 0 radical (unpaired) electrons. The second-order valence-electron chi connectivity index (χ2n) is 8.75. The summed E-state index contributed by atoms with van der Waals surface area (Å²) < 4.78 is 55.2. The second kappa shape index (κ2) is 11.0. The summed E-state index contributed by atoms with van der Waals surface area (Å²) >= 11 is 0. The summed E-state index contributed by atoms with van der Waals surface area (Å²) in [7, 11) is 0. The first-order valence-electron chi connectivity index (χ1n) is 11.8. The number of amides is 2. The van der Waals surface area contributed by atoms with Gasteiger partial charge in [0.05, 0.1) is 12.1 Å². The predicted molar refractivity (Wildman–Crippen MR) is 128 cm³/mol. The fourth-order valence-corrected chi connectivity index (χ4v) is 4.02. The summed E-state index contributed by atoms with van der Waals surface area (Å²) in [4.78, 5) is 29.5. The summed E-state index contributed by atoms with van der Waals surface area (Å²) in [6, 6.07) is 13.0. The number of furan rings is 1. The fourth-order valence-electron chi connectivity index (χ4n) is 4.02. The SMILES string of the molecule is CCCN(CC(=O)N(Cc1ccc2c(c1)OCO2)Cc1ccc(C)o1)C(=O)c1ccc(C(F)(F)F)cc1. The van der Waals surface area contributed by atoms with E-state index >= 15 is 0 Å². The number of nitrogens with zero attached hydrogens (tertiary/aromatic N) is 2. The van der Waals surface area contributed by atoms with E-state index < -0.39 is 17.6 Å². The van der Waals surface area contributed by atoms with Gasteiger partial charge in [0.1, 0.15) is 18.1 Å².